The molecule has 0 spiro atoms. The van der Waals surface area contributed by atoms with Crippen molar-refractivity contribution in [2.45, 2.75) is 24.2 Å². The van der Waals surface area contributed by atoms with Crippen molar-refractivity contribution in [1.82, 2.24) is 5.32 Å². The summed E-state index contributed by atoms with van der Waals surface area (Å²) in [4.78, 5) is 11.9. The predicted octanol–water partition coefficient (Wildman–Crippen LogP) is 1.56. The van der Waals surface area contributed by atoms with Gasteiger partial charge in [0.1, 0.15) is 5.82 Å². The van der Waals surface area contributed by atoms with Crippen molar-refractivity contribution in [3.63, 3.8) is 0 Å². The van der Waals surface area contributed by atoms with E-state index in [1.54, 1.807) is 0 Å². The van der Waals surface area contributed by atoms with Crippen molar-refractivity contribution < 1.29 is 17.6 Å². The van der Waals surface area contributed by atoms with Crippen LogP contribution in [0.15, 0.2) is 23.1 Å². The lowest BCUT2D eigenvalue weighted by Gasteiger charge is -2.22. The molecule has 0 radical (unpaired) electrons. The lowest BCUT2D eigenvalue weighted by Crippen LogP contribution is -2.32. The smallest absolute Gasteiger partial charge is 0.224 e. The first-order chi connectivity index (χ1) is 9.86. The fourth-order valence-electron chi connectivity index (χ4n) is 2.39. The molecule has 2 rings (SSSR count). The summed E-state index contributed by atoms with van der Waals surface area (Å²) >= 11 is 0. The van der Waals surface area contributed by atoms with E-state index in [2.05, 4.69) is 10.6 Å². The van der Waals surface area contributed by atoms with E-state index in [1.165, 1.54) is 6.07 Å². The number of piperidine rings is 1. The molecule has 1 aromatic carbocycles. The summed E-state index contributed by atoms with van der Waals surface area (Å²) in [6.45, 7) is 1.74. The van der Waals surface area contributed by atoms with Crippen LogP contribution in [0.3, 0.4) is 0 Å². The second kappa shape index (κ2) is 6.53. The minimum absolute atomic E-state index is 0.0152. The van der Waals surface area contributed by atoms with Crippen LogP contribution in [0, 0.1) is 11.7 Å². The van der Waals surface area contributed by atoms with E-state index >= 15 is 0 Å². The van der Waals surface area contributed by atoms with Crippen LogP contribution in [-0.2, 0) is 14.6 Å². The molecular formula is C14H19FN2O3S. The molecule has 0 bridgehead atoms. The molecule has 1 unspecified atom stereocenters. The van der Waals surface area contributed by atoms with Gasteiger partial charge in [0.25, 0.3) is 0 Å². The number of sulfone groups is 1. The Hall–Kier alpha value is -1.47. The fourth-order valence-corrected chi connectivity index (χ4v) is 3.04. The third kappa shape index (κ3) is 4.50. The van der Waals surface area contributed by atoms with E-state index in [9.17, 15) is 17.6 Å². The van der Waals surface area contributed by atoms with Gasteiger partial charge in [-0.2, -0.15) is 0 Å². The molecule has 1 heterocycles. The van der Waals surface area contributed by atoms with Crippen LogP contribution in [0.1, 0.15) is 19.3 Å². The monoisotopic (exact) mass is 314 g/mol. The van der Waals surface area contributed by atoms with Gasteiger partial charge in [0.15, 0.2) is 9.84 Å². The Morgan fingerprint density at radius 2 is 2.24 bits per heavy atom. The summed E-state index contributed by atoms with van der Waals surface area (Å²) in [7, 11) is -3.43. The normalized spacial score (nSPS) is 19.2. The second-order valence-electron chi connectivity index (χ2n) is 5.38. The molecule has 0 saturated carbocycles. The summed E-state index contributed by atoms with van der Waals surface area (Å²) in [5.41, 5.74) is -0.0910. The minimum atomic E-state index is -3.43. The van der Waals surface area contributed by atoms with Crippen LogP contribution in [-0.4, -0.2) is 33.7 Å². The van der Waals surface area contributed by atoms with Crippen LogP contribution in [0.4, 0.5) is 10.1 Å². The molecule has 1 fully saturated rings. The molecule has 0 aromatic heterocycles. The van der Waals surface area contributed by atoms with Crippen molar-refractivity contribution in [3.8, 4) is 0 Å². The highest BCUT2D eigenvalue weighted by Crippen LogP contribution is 2.21. The zero-order chi connectivity index (χ0) is 15.5. The molecule has 1 aromatic rings. The molecule has 1 aliphatic heterocycles. The van der Waals surface area contributed by atoms with Gasteiger partial charge in [0.05, 0.1) is 10.6 Å². The van der Waals surface area contributed by atoms with Gasteiger partial charge in [-0.25, -0.2) is 12.8 Å². The molecule has 1 atom stereocenters. The Morgan fingerprint density at radius 1 is 1.48 bits per heavy atom. The lowest BCUT2D eigenvalue weighted by atomic mass is 9.96. The lowest BCUT2D eigenvalue weighted by molar-refractivity contribution is -0.117. The molecular weight excluding hydrogens is 295 g/mol. The molecule has 1 amide bonds. The van der Waals surface area contributed by atoms with Crippen LogP contribution in [0.25, 0.3) is 0 Å². The maximum Gasteiger partial charge on any atom is 0.224 e. The van der Waals surface area contributed by atoms with Crippen LogP contribution < -0.4 is 10.6 Å². The van der Waals surface area contributed by atoms with E-state index < -0.39 is 15.7 Å². The number of benzene rings is 1. The molecule has 7 heteroatoms. The summed E-state index contributed by atoms with van der Waals surface area (Å²) < 4.78 is 36.6. The highest BCUT2D eigenvalue weighted by atomic mass is 32.2. The van der Waals surface area contributed by atoms with Gasteiger partial charge >= 0.3 is 0 Å². The van der Waals surface area contributed by atoms with Crippen LogP contribution in [0.2, 0.25) is 0 Å². The van der Waals surface area contributed by atoms with E-state index in [1.807, 2.05) is 0 Å². The van der Waals surface area contributed by atoms with E-state index in [0.29, 0.717) is 6.42 Å². The number of carbonyl (C=O) groups is 1. The minimum Gasteiger partial charge on any atom is -0.324 e. The average Bonchev–Trinajstić information content (AvgIpc) is 2.41. The van der Waals surface area contributed by atoms with Crippen molar-refractivity contribution >= 4 is 21.4 Å². The van der Waals surface area contributed by atoms with Gasteiger partial charge in [-0.05, 0) is 50.0 Å². The van der Waals surface area contributed by atoms with E-state index in [0.717, 1.165) is 44.3 Å². The number of carbonyl (C=O) groups excluding carboxylic acids is 1. The van der Waals surface area contributed by atoms with E-state index in [-0.39, 0.29) is 22.4 Å². The Bertz CT molecular complexity index is 625. The maximum absolute atomic E-state index is 13.7. The van der Waals surface area contributed by atoms with Crippen molar-refractivity contribution in [2.24, 2.45) is 5.92 Å². The van der Waals surface area contributed by atoms with Gasteiger partial charge < -0.3 is 10.6 Å². The number of hydrogen-bond acceptors (Lipinski definition) is 4. The molecule has 1 aliphatic rings. The van der Waals surface area contributed by atoms with Gasteiger partial charge in [-0.15, -0.1) is 0 Å². The fraction of sp³-hybridized carbons (Fsp3) is 0.500. The molecule has 21 heavy (non-hydrogen) atoms. The number of amides is 1. The average molecular weight is 314 g/mol. The summed E-state index contributed by atoms with van der Waals surface area (Å²) in [5.74, 6) is -0.703. The number of hydrogen-bond donors (Lipinski definition) is 2. The van der Waals surface area contributed by atoms with Crippen molar-refractivity contribution in [3.05, 3.63) is 24.0 Å². The Balaban J connectivity index is 2.06. The quantitative estimate of drug-likeness (QED) is 0.827. The Labute approximate surface area is 123 Å². The van der Waals surface area contributed by atoms with Crippen LogP contribution in [0.5, 0.6) is 0 Å². The predicted molar refractivity (Wildman–Crippen MR) is 78.4 cm³/mol. The number of nitrogens with one attached hydrogen (secondary N) is 2. The SMILES string of the molecule is CS(=O)(=O)c1ccc(F)c(NC(=O)CC2CCCNC2)c1. The first-order valence-electron chi connectivity index (χ1n) is 6.86. The van der Waals surface area contributed by atoms with Crippen LogP contribution >= 0.6 is 0 Å². The topological polar surface area (TPSA) is 75.3 Å². The zero-order valence-electron chi connectivity index (χ0n) is 11.9. The van der Waals surface area contributed by atoms with Crippen molar-refractivity contribution in [2.75, 3.05) is 24.7 Å². The van der Waals surface area contributed by atoms with E-state index in [4.69, 9.17) is 0 Å². The van der Waals surface area contributed by atoms with Gasteiger partial charge in [0.2, 0.25) is 5.91 Å². The molecule has 1 saturated heterocycles. The zero-order valence-corrected chi connectivity index (χ0v) is 12.7. The molecule has 116 valence electrons. The van der Waals surface area contributed by atoms with Gasteiger partial charge in [-0.1, -0.05) is 0 Å². The number of halogens is 1. The Kier molecular flexibility index (Phi) is 4.95. The highest BCUT2D eigenvalue weighted by molar-refractivity contribution is 7.90. The van der Waals surface area contributed by atoms with Gasteiger partial charge in [-0.3, -0.25) is 4.79 Å². The van der Waals surface area contributed by atoms with Crippen molar-refractivity contribution in [1.29, 1.82) is 0 Å². The standard InChI is InChI=1S/C14H19FN2O3S/c1-21(19,20)11-4-5-12(15)13(8-11)17-14(18)7-10-3-2-6-16-9-10/h4-5,8,10,16H,2-3,6-7,9H2,1H3,(H,17,18). The summed E-state index contributed by atoms with van der Waals surface area (Å²) in [5, 5.41) is 5.67. The first kappa shape index (κ1) is 15.9. The number of anilines is 1. The summed E-state index contributed by atoms with van der Waals surface area (Å²) in [6.07, 6.45) is 3.33. The first-order valence-corrected chi connectivity index (χ1v) is 8.75. The van der Waals surface area contributed by atoms with Gasteiger partial charge in [0, 0.05) is 12.7 Å². The maximum atomic E-state index is 13.7. The highest BCUT2D eigenvalue weighted by Gasteiger charge is 2.18. The third-order valence-corrected chi connectivity index (χ3v) is 4.62. The largest absolute Gasteiger partial charge is 0.324 e. The molecule has 0 aliphatic carbocycles. The molecule has 5 nitrogen and oxygen atoms in total. The Morgan fingerprint density at radius 3 is 2.86 bits per heavy atom. The third-order valence-electron chi connectivity index (χ3n) is 3.51. The second-order valence-corrected chi connectivity index (χ2v) is 7.39. The number of rotatable bonds is 4. The summed E-state index contributed by atoms with van der Waals surface area (Å²) in [6, 6.07) is 3.39. The molecule has 2 N–H and O–H groups in total.